The molecular weight excluding hydrogens is 316 g/mol. The van der Waals surface area contributed by atoms with Crippen LogP contribution in [-0.4, -0.2) is 32.1 Å². The van der Waals surface area contributed by atoms with E-state index >= 15 is 0 Å². The molecule has 3 rings (SSSR count). The predicted octanol–water partition coefficient (Wildman–Crippen LogP) is 2.96. The lowest BCUT2D eigenvalue weighted by molar-refractivity contribution is 0.249. The maximum atomic E-state index is 12.3. The predicted molar refractivity (Wildman–Crippen MR) is 96.9 cm³/mol. The van der Waals surface area contributed by atoms with E-state index in [4.69, 9.17) is 0 Å². The van der Waals surface area contributed by atoms with Gasteiger partial charge in [-0.05, 0) is 45.0 Å². The second kappa shape index (κ2) is 7.21. The van der Waals surface area contributed by atoms with Crippen LogP contribution < -0.4 is 10.6 Å². The average molecular weight is 338 g/mol. The summed E-state index contributed by atoms with van der Waals surface area (Å²) in [4.78, 5) is 12.3. The zero-order valence-electron chi connectivity index (χ0n) is 14.6. The van der Waals surface area contributed by atoms with E-state index in [0.717, 1.165) is 22.8 Å². The van der Waals surface area contributed by atoms with E-state index in [-0.39, 0.29) is 12.1 Å². The van der Waals surface area contributed by atoms with Crippen molar-refractivity contribution in [3.8, 4) is 5.69 Å². The van der Waals surface area contributed by atoms with Gasteiger partial charge in [-0.2, -0.15) is 10.2 Å². The van der Waals surface area contributed by atoms with E-state index in [9.17, 15) is 4.79 Å². The molecule has 3 N–H and O–H groups in total. The van der Waals surface area contributed by atoms with Gasteiger partial charge >= 0.3 is 6.03 Å². The van der Waals surface area contributed by atoms with Crippen molar-refractivity contribution >= 4 is 11.7 Å². The van der Waals surface area contributed by atoms with Gasteiger partial charge in [0, 0.05) is 24.4 Å². The number of hydrogen-bond donors (Lipinski definition) is 3. The summed E-state index contributed by atoms with van der Waals surface area (Å²) in [6, 6.07) is 11.2. The van der Waals surface area contributed by atoms with E-state index in [2.05, 4.69) is 25.9 Å². The third-order valence-corrected chi connectivity index (χ3v) is 3.77. The number of benzene rings is 1. The van der Waals surface area contributed by atoms with E-state index in [1.807, 2.05) is 63.4 Å². The monoisotopic (exact) mass is 338 g/mol. The second-order valence-electron chi connectivity index (χ2n) is 6.16. The molecule has 2 aromatic heterocycles. The number of aromatic nitrogens is 4. The number of aryl methyl sites for hydroxylation is 2. The number of amides is 2. The van der Waals surface area contributed by atoms with Crippen LogP contribution in [0.3, 0.4) is 0 Å². The second-order valence-corrected chi connectivity index (χ2v) is 6.16. The lowest BCUT2D eigenvalue weighted by atomic mass is 10.2. The first-order valence-corrected chi connectivity index (χ1v) is 8.21. The number of nitrogens with zero attached hydrogens (tertiary/aromatic N) is 3. The average Bonchev–Trinajstić information content (AvgIpc) is 3.16. The zero-order chi connectivity index (χ0) is 17.8. The number of para-hydroxylation sites is 2. The molecule has 1 aromatic carbocycles. The van der Waals surface area contributed by atoms with Crippen molar-refractivity contribution in [2.24, 2.45) is 0 Å². The maximum absolute atomic E-state index is 12.3. The molecule has 3 aromatic rings. The van der Waals surface area contributed by atoms with Crippen molar-refractivity contribution in [1.29, 1.82) is 0 Å². The number of urea groups is 1. The molecular formula is C18H22N6O. The maximum Gasteiger partial charge on any atom is 0.319 e. The number of nitrogens with one attached hydrogen (secondary N) is 3. The number of carbonyl (C=O) groups is 1. The van der Waals surface area contributed by atoms with Gasteiger partial charge < -0.3 is 10.6 Å². The molecule has 0 saturated carbocycles. The Morgan fingerprint density at radius 3 is 2.76 bits per heavy atom. The van der Waals surface area contributed by atoms with Crippen molar-refractivity contribution in [2.45, 2.75) is 33.2 Å². The number of aromatic amines is 1. The Hall–Kier alpha value is -3.09. The minimum absolute atomic E-state index is 0.0400. The lowest BCUT2D eigenvalue weighted by Crippen LogP contribution is -2.37. The van der Waals surface area contributed by atoms with E-state index in [1.54, 1.807) is 4.68 Å². The fourth-order valence-corrected chi connectivity index (χ4v) is 2.65. The number of H-pyrrole nitrogens is 1. The van der Waals surface area contributed by atoms with Crippen molar-refractivity contribution in [3.63, 3.8) is 0 Å². The van der Waals surface area contributed by atoms with E-state index < -0.39 is 0 Å². The zero-order valence-corrected chi connectivity index (χ0v) is 14.6. The van der Waals surface area contributed by atoms with Gasteiger partial charge in [-0.25, -0.2) is 9.48 Å². The van der Waals surface area contributed by atoms with Crippen LogP contribution in [0.5, 0.6) is 0 Å². The van der Waals surface area contributed by atoms with Crippen LogP contribution in [-0.2, 0) is 6.42 Å². The Morgan fingerprint density at radius 1 is 1.28 bits per heavy atom. The van der Waals surface area contributed by atoms with Crippen LogP contribution in [0.4, 0.5) is 10.5 Å². The summed E-state index contributed by atoms with van der Waals surface area (Å²) in [7, 11) is 0. The Bertz CT molecular complexity index is 866. The molecule has 25 heavy (non-hydrogen) atoms. The van der Waals surface area contributed by atoms with Gasteiger partial charge in [0.15, 0.2) is 0 Å². The molecule has 1 atom stereocenters. The van der Waals surface area contributed by atoms with Crippen LogP contribution in [0.2, 0.25) is 0 Å². The third-order valence-electron chi connectivity index (χ3n) is 3.77. The minimum atomic E-state index is -0.254. The molecule has 2 amide bonds. The molecule has 0 aliphatic carbocycles. The third kappa shape index (κ3) is 4.26. The molecule has 0 aliphatic heterocycles. The largest absolute Gasteiger partial charge is 0.335 e. The van der Waals surface area contributed by atoms with Crippen LogP contribution in [0, 0.1) is 13.8 Å². The van der Waals surface area contributed by atoms with Crippen LogP contribution in [0.15, 0.2) is 42.6 Å². The van der Waals surface area contributed by atoms with E-state index in [1.165, 1.54) is 0 Å². The molecule has 0 fully saturated rings. The Labute approximate surface area is 146 Å². The summed E-state index contributed by atoms with van der Waals surface area (Å²) in [5, 5.41) is 17.3. The summed E-state index contributed by atoms with van der Waals surface area (Å²) < 4.78 is 1.75. The van der Waals surface area contributed by atoms with Crippen molar-refractivity contribution < 1.29 is 4.79 Å². The highest BCUT2D eigenvalue weighted by Gasteiger charge is 2.12. The summed E-state index contributed by atoms with van der Waals surface area (Å²) in [6.07, 6.45) is 2.54. The number of carbonyl (C=O) groups excluding carboxylic acids is 1. The summed E-state index contributed by atoms with van der Waals surface area (Å²) in [5.41, 5.74) is 4.38. The highest BCUT2D eigenvalue weighted by atomic mass is 16.2. The van der Waals surface area contributed by atoms with Crippen LogP contribution in [0.25, 0.3) is 5.69 Å². The van der Waals surface area contributed by atoms with Crippen molar-refractivity contribution in [2.75, 3.05) is 5.32 Å². The quantitative estimate of drug-likeness (QED) is 0.668. The standard InChI is InChI=1S/C18H22N6O/c1-12-8-9-24(23-12)17-7-5-4-6-16(17)20-18(25)19-13(2)10-15-11-14(3)21-22-15/h4-9,11,13H,10H2,1-3H3,(H,21,22)(H2,19,20,25)/t13-/m0/s1. The number of rotatable bonds is 5. The molecule has 7 nitrogen and oxygen atoms in total. The molecule has 0 bridgehead atoms. The topological polar surface area (TPSA) is 87.6 Å². The van der Waals surface area contributed by atoms with Gasteiger partial charge in [0.25, 0.3) is 0 Å². The van der Waals surface area contributed by atoms with Crippen LogP contribution >= 0.6 is 0 Å². The van der Waals surface area contributed by atoms with Gasteiger partial charge in [0.05, 0.1) is 22.8 Å². The smallest absolute Gasteiger partial charge is 0.319 e. The Kier molecular flexibility index (Phi) is 4.83. The van der Waals surface area contributed by atoms with Crippen LogP contribution in [0.1, 0.15) is 24.0 Å². The first-order valence-electron chi connectivity index (χ1n) is 8.21. The van der Waals surface area contributed by atoms with Crippen molar-refractivity contribution in [1.82, 2.24) is 25.3 Å². The van der Waals surface area contributed by atoms with Gasteiger partial charge in [-0.1, -0.05) is 12.1 Å². The lowest BCUT2D eigenvalue weighted by Gasteiger charge is -2.15. The molecule has 0 aliphatic rings. The minimum Gasteiger partial charge on any atom is -0.335 e. The van der Waals surface area contributed by atoms with Gasteiger partial charge in [-0.15, -0.1) is 0 Å². The highest BCUT2D eigenvalue weighted by Crippen LogP contribution is 2.19. The molecule has 0 spiro atoms. The Balaban J connectivity index is 1.65. The van der Waals surface area contributed by atoms with E-state index in [0.29, 0.717) is 12.1 Å². The number of hydrogen-bond acceptors (Lipinski definition) is 3. The fraction of sp³-hybridized carbons (Fsp3) is 0.278. The fourth-order valence-electron chi connectivity index (χ4n) is 2.65. The first-order chi connectivity index (χ1) is 12.0. The Morgan fingerprint density at radius 2 is 2.08 bits per heavy atom. The van der Waals surface area contributed by atoms with Gasteiger partial charge in [-0.3, -0.25) is 5.10 Å². The molecule has 7 heteroatoms. The molecule has 0 unspecified atom stereocenters. The summed E-state index contributed by atoms with van der Waals surface area (Å²) >= 11 is 0. The molecule has 2 heterocycles. The van der Waals surface area contributed by atoms with Gasteiger partial charge in [0.1, 0.15) is 0 Å². The highest BCUT2D eigenvalue weighted by molar-refractivity contribution is 5.91. The number of anilines is 1. The summed E-state index contributed by atoms with van der Waals surface area (Å²) in [6.45, 7) is 5.83. The normalized spacial score (nSPS) is 12.0. The van der Waals surface area contributed by atoms with Gasteiger partial charge in [0.2, 0.25) is 0 Å². The van der Waals surface area contributed by atoms with Crippen molar-refractivity contribution in [3.05, 3.63) is 59.7 Å². The molecule has 130 valence electrons. The molecule has 0 radical (unpaired) electrons. The summed E-state index contributed by atoms with van der Waals surface area (Å²) in [5.74, 6) is 0. The molecule has 0 saturated heterocycles. The SMILES string of the molecule is Cc1ccn(-c2ccccc2NC(=O)N[C@@H](C)Cc2cc(C)[nH]n2)n1. The first kappa shape index (κ1) is 16.8.